The number of carbonyl (C=O) groups is 1. The van der Waals surface area contributed by atoms with Gasteiger partial charge in [-0.3, -0.25) is 4.79 Å². The van der Waals surface area contributed by atoms with Gasteiger partial charge in [-0.25, -0.2) is 0 Å². The summed E-state index contributed by atoms with van der Waals surface area (Å²) in [4.78, 5) is 10.6. The molecule has 0 fully saturated rings. The van der Waals surface area contributed by atoms with Crippen molar-refractivity contribution < 1.29 is 9.90 Å². The molecule has 1 unspecified atom stereocenters. The van der Waals surface area contributed by atoms with Gasteiger partial charge in [0, 0.05) is 12.8 Å². The molecule has 3 heteroatoms. The summed E-state index contributed by atoms with van der Waals surface area (Å²) in [5, 5.41) is 17.6. The average Bonchev–Trinajstić information content (AvgIpc) is 1.84. The summed E-state index contributed by atoms with van der Waals surface area (Å²) >= 11 is 0. The molecule has 0 aromatic heterocycles. The lowest BCUT2D eigenvalue weighted by molar-refractivity contribution is -0.119. The number of rotatable bonds is 5. The molecule has 0 radical (unpaired) electrons. The predicted molar refractivity (Wildman–Crippen MR) is 45.3 cm³/mol. The fourth-order valence-electron chi connectivity index (χ4n) is 1.12. The maximum absolute atomic E-state index is 10.6. The minimum absolute atomic E-state index is 0.00772. The quantitative estimate of drug-likeness (QED) is 0.674. The van der Waals surface area contributed by atoms with Gasteiger partial charge < -0.3 is 5.11 Å². The summed E-state index contributed by atoms with van der Waals surface area (Å²) in [6.45, 7) is 3.35. The highest BCUT2D eigenvalue weighted by Crippen LogP contribution is 2.11. The van der Waals surface area contributed by atoms with Gasteiger partial charge in [-0.05, 0) is 19.3 Å². The van der Waals surface area contributed by atoms with Crippen LogP contribution in [0.5, 0.6) is 0 Å². The van der Waals surface area contributed by atoms with Crippen molar-refractivity contribution in [2.45, 2.75) is 39.2 Å². The first-order chi connectivity index (χ1) is 5.56. The van der Waals surface area contributed by atoms with Gasteiger partial charge in [-0.2, -0.15) is 5.26 Å². The van der Waals surface area contributed by atoms with Crippen LogP contribution in [0.4, 0.5) is 0 Å². The molecule has 0 amide bonds. The maximum Gasteiger partial charge on any atom is 0.132 e. The molecule has 0 aliphatic rings. The second kappa shape index (κ2) is 5.73. The Morgan fingerprint density at radius 3 is 2.67 bits per heavy atom. The number of hydrogen-bond acceptors (Lipinski definition) is 3. The summed E-state index contributed by atoms with van der Waals surface area (Å²) in [6.07, 6.45) is 0.601. The molecule has 0 aromatic rings. The van der Waals surface area contributed by atoms with E-state index in [2.05, 4.69) is 0 Å². The number of hydrogen-bond donors (Lipinski definition) is 1. The lowest BCUT2D eigenvalue weighted by Crippen LogP contribution is -2.14. The zero-order valence-electron chi connectivity index (χ0n) is 7.58. The molecule has 0 bridgehead atoms. The van der Waals surface area contributed by atoms with Crippen LogP contribution in [0, 0.1) is 17.2 Å². The molecule has 0 aromatic carbocycles. The molecular weight excluding hydrogens is 154 g/mol. The summed E-state index contributed by atoms with van der Waals surface area (Å²) in [6, 6.07) is 2.03. The van der Waals surface area contributed by atoms with Crippen LogP contribution in [0.15, 0.2) is 0 Å². The molecule has 12 heavy (non-hydrogen) atoms. The van der Waals surface area contributed by atoms with Crippen molar-refractivity contribution in [3.05, 3.63) is 0 Å². The predicted octanol–water partition coefficient (Wildman–Crippen LogP) is 1.27. The lowest BCUT2D eigenvalue weighted by Gasteiger charge is -2.11. The van der Waals surface area contributed by atoms with Crippen molar-refractivity contribution in [2.75, 3.05) is 0 Å². The van der Waals surface area contributed by atoms with E-state index in [0.29, 0.717) is 12.8 Å². The molecule has 0 aliphatic heterocycles. The zero-order chi connectivity index (χ0) is 9.56. The minimum Gasteiger partial charge on any atom is -0.393 e. The van der Waals surface area contributed by atoms with Crippen LogP contribution in [0.25, 0.3) is 0 Å². The van der Waals surface area contributed by atoms with Crippen LogP contribution in [-0.4, -0.2) is 17.0 Å². The number of nitriles is 1. The lowest BCUT2D eigenvalue weighted by atomic mass is 9.98. The fourth-order valence-corrected chi connectivity index (χ4v) is 1.12. The molecule has 68 valence electrons. The van der Waals surface area contributed by atoms with Gasteiger partial charge in [0.1, 0.15) is 5.78 Å². The Morgan fingerprint density at radius 2 is 2.25 bits per heavy atom. The molecule has 0 saturated carbocycles. The Morgan fingerprint density at radius 1 is 1.67 bits per heavy atom. The van der Waals surface area contributed by atoms with E-state index in [1.807, 2.05) is 13.0 Å². The normalized spacial score (nSPS) is 14.8. The van der Waals surface area contributed by atoms with Gasteiger partial charge in [-0.1, -0.05) is 6.92 Å². The Bertz CT molecular complexity index is 183. The third kappa shape index (κ3) is 5.87. The summed E-state index contributed by atoms with van der Waals surface area (Å²) in [5.74, 6) is 0.163. The van der Waals surface area contributed by atoms with E-state index in [-0.39, 0.29) is 18.1 Å². The first-order valence-corrected chi connectivity index (χ1v) is 4.10. The topological polar surface area (TPSA) is 61.1 Å². The van der Waals surface area contributed by atoms with Crippen molar-refractivity contribution >= 4 is 5.78 Å². The van der Waals surface area contributed by atoms with E-state index in [0.717, 1.165) is 0 Å². The Balaban J connectivity index is 3.62. The summed E-state index contributed by atoms with van der Waals surface area (Å²) in [5.41, 5.74) is 0. The van der Waals surface area contributed by atoms with E-state index in [9.17, 15) is 9.90 Å². The standard InChI is InChI=1S/C9H15NO2/c1-7(3-4-10)5-9(12)6-8(2)11/h7,9,12H,3,5-6H2,1-2H3/t7?,9-/m1/s1. The number of Topliss-reactive ketones (excluding diaryl/α,β-unsaturated/α-hetero) is 1. The van der Waals surface area contributed by atoms with Gasteiger partial charge >= 0.3 is 0 Å². The Hall–Kier alpha value is -0.880. The second-order valence-corrected chi connectivity index (χ2v) is 3.26. The summed E-state index contributed by atoms with van der Waals surface area (Å²) < 4.78 is 0. The van der Waals surface area contributed by atoms with Crippen LogP contribution >= 0.6 is 0 Å². The third-order valence-corrected chi connectivity index (χ3v) is 1.64. The van der Waals surface area contributed by atoms with Crippen molar-refractivity contribution in [2.24, 2.45) is 5.92 Å². The smallest absolute Gasteiger partial charge is 0.132 e. The van der Waals surface area contributed by atoms with Crippen LogP contribution in [0.3, 0.4) is 0 Å². The SMILES string of the molecule is CC(=O)C[C@H](O)CC(C)CC#N. The molecule has 2 atom stereocenters. The highest BCUT2D eigenvalue weighted by Gasteiger charge is 2.11. The van der Waals surface area contributed by atoms with Gasteiger partial charge in [0.25, 0.3) is 0 Å². The van der Waals surface area contributed by atoms with Crippen LogP contribution in [0.1, 0.15) is 33.1 Å². The van der Waals surface area contributed by atoms with Crippen molar-refractivity contribution in [3.8, 4) is 6.07 Å². The van der Waals surface area contributed by atoms with E-state index in [1.165, 1.54) is 6.92 Å². The molecule has 0 spiro atoms. The number of aliphatic hydroxyl groups excluding tert-OH is 1. The molecule has 3 nitrogen and oxygen atoms in total. The van der Waals surface area contributed by atoms with Crippen LogP contribution in [0.2, 0.25) is 0 Å². The van der Waals surface area contributed by atoms with Gasteiger partial charge in [0.05, 0.1) is 12.2 Å². The number of aliphatic hydroxyl groups is 1. The zero-order valence-corrected chi connectivity index (χ0v) is 7.58. The van der Waals surface area contributed by atoms with E-state index in [1.54, 1.807) is 0 Å². The maximum atomic E-state index is 10.6. The average molecular weight is 169 g/mol. The van der Waals surface area contributed by atoms with Crippen LogP contribution < -0.4 is 0 Å². The van der Waals surface area contributed by atoms with Crippen molar-refractivity contribution in [1.29, 1.82) is 5.26 Å². The highest BCUT2D eigenvalue weighted by atomic mass is 16.3. The number of ketones is 1. The molecule has 0 aliphatic carbocycles. The molecule has 0 saturated heterocycles. The molecular formula is C9H15NO2. The van der Waals surface area contributed by atoms with E-state index in [4.69, 9.17) is 5.26 Å². The van der Waals surface area contributed by atoms with E-state index < -0.39 is 6.10 Å². The first kappa shape index (κ1) is 11.1. The Labute approximate surface area is 73.0 Å². The van der Waals surface area contributed by atoms with Gasteiger partial charge in [0.15, 0.2) is 0 Å². The first-order valence-electron chi connectivity index (χ1n) is 4.10. The largest absolute Gasteiger partial charge is 0.393 e. The monoisotopic (exact) mass is 169 g/mol. The van der Waals surface area contributed by atoms with E-state index >= 15 is 0 Å². The van der Waals surface area contributed by atoms with Gasteiger partial charge in [0.2, 0.25) is 0 Å². The molecule has 1 N–H and O–H groups in total. The third-order valence-electron chi connectivity index (χ3n) is 1.64. The number of carbonyl (C=O) groups excluding carboxylic acids is 1. The Kier molecular flexibility index (Phi) is 5.31. The van der Waals surface area contributed by atoms with Crippen LogP contribution in [-0.2, 0) is 4.79 Å². The van der Waals surface area contributed by atoms with Crippen molar-refractivity contribution in [3.63, 3.8) is 0 Å². The molecule has 0 heterocycles. The second-order valence-electron chi connectivity index (χ2n) is 3.26. The fraction of sp³-hybridized carbons (Fsp3) is 0.778. The summed E-state index contributed by atoms with van der Waals surface area (Å²) in [7, 11) is 0. The van der Waals surface area contributed by atoms with Gasteiger partial charge in [-0.15, -0.1) is 0 Å². The molecule has 0 rings (SSSR count). The number of nitrogens with zero attached hydrogens (tertiary/aromatic N) is 1. The van der Waals surface area contributed by atoms with Crippen molar-refractivity contribution in [1.82, 2.24) is 0 Å². The minimum atomic E-state index is -0.578. The highest BCUT2D eigenvalue weighted by molar-refractivity contribution is 5.75.